The van der Waals surface area contributed by atoms with Crippen molar-refractivity contribution in [3.8, 4) is 5.75 Å². The van der Waals surface area contributed by atoms with Crippen LogP contribution >= 0.6 is 23.4 Å². The molecule has 3 rings (SSSR count). The summed E-state index contributed by atoms with van der Waals surface area (Å²) in [4.78, 5) is 29.6. The van der Waals surface area contributed by atoms with Gasteiger partial charge in [-0.25, -0.2) is 8.42 Å². The minimum Gasteiger partial charge on any atom is -0.494 e. The van der Waals surface area contributed by atoms with Crippen LogP contribution < -0.4 is 14.4 Å². The first-order valence-electron chi connectivity index (χ1n) is 13.7. The number of ether oxygens (including phenoxy) is 1. The van der Waals surface area contributed by atoms with Crippen LogP contribution in [-0.4, -0.2) is 56.6 Å². The lowest BCUT2D eigenvalue weighted by Gasteiger charge is -2.32. The zero-order chi connectivity index (χ0) is 30.9. The number of hydrogen-bond acceptors (Lipinski definition) is 6. The standard InChI is InChI=1S/C31H38ClN3O5S2/c1-6-22(3)33-31(37)23(4)34(20-24-8-10-25(32)11-9-24)30(36)21-35(26-12-14-27(15-13-26)40-7-2)42(38,39)29-18-16-28(41-5)17-19-29/h8-19,22-23H,6-7,20-21H2,1-5H3,(H,33,37)/t22-,23+/m0/s1. The second-order valence-corrected chi connectivity index (χ2v) is 12.9. The predicted molar refractivity (Wildman–Crippen MR) is 170 cm³/mol. The van der Waals surface area contributed by atoms with E-state index in [-0.39, 0.29) is 23.4 Å². The van der Waals surface area contributed by atoms with Gasteiger partial charge in [-0.15, -0.1) is 11.8 Å². The van der Waals surface area contributed by atoms with Crippen LogP contribution in [0.4, 0.5) is 5.69 Å². The average molecular weight is 632 g/mol. The highest BCUT2D eigenvalue weighted by molar-refractivity contribution is 7.98. The summed E-state index contributed by atoms with van der Waals surface area (Å²) in [6, 6.07) is 19.1. The molecule has 0 aliphatic heterocycles. The van der Waals surface area contributed by atoms with Gasteiger partial charge in [-0.1, -0.05) is 30.7 Å². The number of rotatable bonds is 14. The molecule has 0 bridgehead atoms. The molecule has 0 aromatic heterocycles. The van der Waals surface area contributed by atoms with E-state index < -0.39 is 28.5 Å². The summed E-state index contributed by atoms with van der Waals surface area (Å²) in [6.45, 7) is 7.37. The third-order valence-electron chi connectivity index (χ3n) is 6.80. The maximum atomic E-state index is 14.0. The molecule has 42 heavy (non-hydrogen) atoms. The molecule has 3 aromatic carbocycles. The molecule has 0 unspecified atom stereocenters. The van der Waals surface area contributed by atoms with Crippen LogP contribution in [0.15, 0.2) is 82.6 Å². The second kappa shape index (κ2) is 15.3. The maximum Gasteiger partial charge on any atom is 0.264 e. The summed E-state index contributed by atoms with van der Waals surface area (Å²) < 4.78 is 34.6. The van der Waals surface area contributed by atoms with Crippen molar-refractivity contribution in [2.24, 2.45) is 0 Å². The highest BCUT2D eigenvalue weighted by Crippen LogP contribution is 2.28. The smallest absolute Gasteiger partial charge is 0.264 e. The average Bonchev–Trinajstić information content (AvgIpc) is 2.99. The van der Waals surface area contributed by atoms with Gasteiger partial charge in [0.05, 0.1) is 17.2 Å². The zero-order valence-corrected chi connectivity index (χ0v) is 26.9. The Labute approximate surface area is 258 Å². The molecule has 2 atom stereocenters. The van der Waals surface area contributed by atoms with Crippen LogP contribution in [0, 0.1) is 0 Å². The zero-order valence-electron chi connectivity index (χ0n) is 24.5. The number of benzene rings is 3. The Morgan fingerprint density at radius 2 is 1.57 bits per heavy atom. The fourth-order valence-corrected chi connectivity index (χ4v) is 6.06. The van der Waals surface area contributed by atoms with E-state index in [0.29, 0.717) is 23.1 Å². The molecule has 11 heteroatoms. The molecule has 0 aliphatic carbocycles. The van der Waals surface area contributed by atoms with Gasteiger partial charge in [0.1, 0.15) is 18.3 Å². The molecule has 0 saturated carbocycles. The van der Waals surface area contributed by atoms with Gasteiger partial charge in [0.2, 0.25) is 11.8 Å². The number of anilines is 1. The molecule has 0 fully saturated rings. The fourth-order valence-electron chi connectivity index (χ4n) is 4.11. The molecule has 0 spiro atoms. The minimum atomic E-state index is -4.16. The quantitative estimate of drug-likeness (QED) is 0.220. The summed E-state index contributed by atoms with van der Waals surface area (Å²) >= 11 is 7.56. The third-order valence-corrected chi connectivity index (χ3v) is 9.58. The lowest BCUT2D eigenvalue weighted by molar-refractivity contribution is -0.139. The molecular weight excluding hydrogens is 594 g/mol. The highest BCUT2D eigenvalue weighted by atomic mass is 35.5. The number of sulfonamides is 1. The van der Waals surface area contributed by atoms with Crippen LogP contribution in [0.3, 0.4) is 0 Å². The first-order chi connectivity index (χ1) is 20.0. The summed E-state index contributed by atoms with van der Waals surface area (Å²) in [7, 11) is -4.16. The van der Waals surface area contributed by atoms with Crippen LogP contribution in [0.1, 0.15) is 39.7 Å². The molecule has 0 radical (unpaired) electrons. The van der Waals surface area contributed by atoms with Gasteiger partial charge >= 0.3 is 0 Å². The van der Waals surface area contributed by atoms with E-state index in [1.54, 1.807) is 67.6 Å². The Kier molecular flexibility index (Phi) is 12.1. The number of amides is 2. The first-order valence-corrected chi connectivity index (χ1v) is 16.8. The van der Waals surface area contributed by atoms with Crippen molar-refractivity contribution in [1.29, 1.82) is 0 Å². The van der Waals surface area contributed by atoms with Crippen molar-refractivity contribution in [2.45, 2.75) is 62.5 Å². The van der Waals surface area contributed by atoms with Gasteiger partial charge in [0.25, 0.3) is 10.0 Å². The maximum absolute atomic E-state index is 14.0. The Balaban J connectivity index is 2.03. The molecular formula is C31H38ClN3O5S2. The van der Waals surface area contributed by atoms with Gasteiger partial charge in [0.15, 0.2) is 0 Å². The predicted octanol–water partition coefficient (Wildman–Crippen LogP) is 5.99. The van der Waals surface area contributed by atoms with Gasteiger partial charge in [-0.2, -0.15) is 0 Å². The molecule has 2 amide bonds. The van der Waals surface area contributed by atoms with E-state index in [4.69, 9.17) is 16.3 Å². The number of thioether (sulfide) groups is 1. The van der Waals surface area contributed by atoms with Crippen molar-refractivity contribution in [1.82, 2.24) is 10.2 Å². The summed E-state index contributed by atoms with van der Waals surface area (Å²) in [5, 5.41) is 3.47. The summed E-state index contributed by atoms with van der Waals surface area (Å²) in [5.74, 6) is -0.279. The van der Waals surface area contributed by atoms with E-state index in [2.05, 4.69) is 5.32 Å². The van der Waals surface area contributed by atoms with E-state index in [0.717, 1.165) is 21.2 Å². The van der Waals surface area contributed by atoms with Crippen molar-refractivity contribution in [2.75, 3.05) is 23.7 Å². The second-order valence-electron chi connectivity index (χ2n) is 9.76. The van der Waals surface area contributed by atoms with Crippen LogP contribution in [0.2, 0.25) is 5.02 Å². The van der Waals surface area contributed by atoms with Crippen molar-refractivity contribution in [3.05, 3.63) is 83.4 Å². The number of nitrogens with one attached hydrogen (secondary N) is 1. The van der Waals surface area contributed by atoms with Crippen LogP contribution in [0.25, 0.3) is 0 Å². The third kappa shape index (κ3) is 8.65. The Morgan fingerprint density at radius 1 is 0.952 bits per heavy atom. The summed E-state index contributed by atoms with van der Waals surface area (Å²) in [6.07, 6.45) is 2.63. The number of nitrogens with zero attached hydrogens (tertiary/aromatic N) is 2. The SMILES string of the molecule is CCOc1ccc(N(CC(=O)N(Cc2ccc(Cl)cc2)[C@H](C)C(=O)N[C@@H](C)CC)S(=O)(=O)c2ccc(SC)cc2)cc1. The molecule has 8 nitrogen and oxygen atoms in total. The Bertz CT molecular complexity index is 1430. The molecule has 0 aliphatic rings. The van der Waals surface area contributed by atoms with Crippen LogP contribution in [0.5, 0.6) is 5.75 Å². The monoisotopic (exact) mass is 631 g/mol. The number of hydrogen-bond donors (Lipinski definition) is 1. The minimum absolute atomic E-state index is 0.0498. The van der Waals surface area contributed by atoms with Gasteiger partial charge in [0, 0.05) is 22.5 Å². The van der Waals surface area contributed by atoms with E-state index in [9.17, 15) is 18.0 Å². The van der Waals surface area contributed by atoms with Gasteiger partial charge < -0.3 is 15.0 Å². The number of halogens is 1. The van der Waals surface area contributed by atoms with E-state index in [1.165, 1.54) is 28.8 Å². The molecule has 1 N–H and O–H groups in total. The van der Waals surface area contributed by atoms with E-state index in [1.807, 2.05) is 27.0 Å². The van der Waals surface area contributed by atoms with Crippen LogP contribution in [-0.2, 0) is 26.2 Å². The number of carbonyl (C=O) groups is 2. The molecule has 0 saturated heterocycles. The number of carbonyl (C=O) groups excluding carboxylic acids is 2. The summed E-state index contributed by atoms with van der Waals surface area (Å²) in [5.41, 5.74) is 1.04. The van der Waals surface area contributed by atoms with E-state index >= 15 is 0 Å². The van der Waals surface area contributed by atoms with Crippen molar-refractivity contribution in [3.63, 3.8) is 0 Å². The molecule has 226 valence electrons. The lowest BCUT2D eigenvalue weighted by Crippen LogP contribution is -2.52. The Morgan fingerprint density at radius 3 is 2.12 bits per heavy atom. The lowest BCUT2D eigenvalue weighted by atomic mass is 10.1. The molecule has 3 aromatic rings. The van der Waals surface area contributed by atoms with Gasteiger partial charge in [-0.05, 0) is 99.7 Å². The van der Waals surface area contributed by atoms with Crippen molar-refractivity contribution < 1.29 is 22.7 Å². The largest absolute Gasteiger partial charge is 0.494 e. The normalized spacial score (nSPS) is 12.7. The Hall–Kier alpha value is -3.21. The molecule has 0 heterocycles. The topological polar surface area (TPSA) is 96.0 Å². The van der Waals surface area contributed by atoms with Crippen molar-refractivity contribution >= 4 is 50.9 Å². The van der Waals surface area contributed by atoms with Gasteiger partial charge in [-0.3, -0.25) is 13.9 Å². The first kappa shape index (κ1) is 33.3. The highest BCUT2D eigenvalue weighted by Gasteiger charge is 2.33. The fraction of sp³-hybridized carbons (Fsp3) is 0.355.